The lowest BCUT2D eigenvalue weighted by Crippen LogP contribution is -2.14. The number of hydrogen-bond donors (Lipinski definition) is 1. The molecule has 0 saturated heterocycles. The predicted octanol–water partition coefficient (Wildman–Crippen LogP) is 4.13. The van der Waals surface area contributed by atoms with Crippen molar-refractivity contribution in [3.63, 3.8) is 0 Å². The summed E-state index contributed by atoms with van der Waals surface area (Å²) in [6.07, 6.45) is 0. The SMILES string of the molecule is CNC(C)c1ccc(C)cc1OCc1cc(F)cc(F)c1. The third-order valence-electron chi connectivity index (χ3n) is 3.39. The van der Waals surface area contributed by atoms with Crippen molar-refractivity contribution < 1.29 is 13.5 Å². The van der Waals surface area contributed by atoms with Crippen LogP contribution in [-0.2, 0) is 6.61 Å². The zero-order chi connectivity index (χ0) is 15.4. The van der Waals surface area contributed by atoms with E-state index in [2.05, 4.69) is 5.32 Å². The minimum atomic E-state index is -0.596. The van der Waals surface area contributed by atoms with Gasteiger partial charge in [0.1, 0.15) is 24.0 Å². The number of ether oxygens (including phenoxy) is 1. The van der Waals surface area contributed by atoms with Crippen LogP contribution in [0, 0.1) is 18.6 Å². The van der Waals surface area contributed by atoms with Crippen LogP contribution in [0.2, 0.25) is 0 Å². The molecule has 0 radical (unpaired) electrons. The Morgan fingerprint density at radius 2 is 1.76 bits per heavy atom. The van der Waals surface area contributed by atoms with Gasteiger partial charge in [0.05, 0.1) is 0 Å². The van der Waals surface area contributed by atoms with Crippen molar-refractivity contribution in [2.75, 3.05) is 7.05 Å². The number of nitrogens with one attached hydrogen (secondary N) is 1. The van der Waals surface area contributed by atoms with Crippen LogP contribution < -0.4 is 10.1 Å². The molecular formula is C17H19F2NO. The summed E-state index contributed by atoms with van der Waals surface area (Å²) >= 11 is 0. The van der Waals surface area contributed by atoms with Gasteiger partial charge in [0.15, 0.2) is 0 Å². The van der Waals surface area contributed by atoms with Gasteiger partial charge in [-0.1, -0.05) is 12.1 Å². The van der Waals surface area contributed by atoms with E-state index in [0.29, 0.717) is 5.56 Å². The number of aryl methyl sites for hydroxylation is 1. The van der Waals surface area contributed by atoms with Crippen LogP contribution in [0.1, 0.15) is 29.7 Å². The van der Waals surface area contributed by atoms with Gasteiger partial charge >= 0.3 is 0 Å². The van der Waals surface area contributed by atoms with Gasteiger partial charge in [0, 0.05) is 17.7 Å². The molecule has 0 amide bonds. The predicted molar refractivity (Wildman–Crippen MR) is 79.3 cm³/mol. The topological polar surface area (TPSA) is 21.3 Å². The van der Waals surface area contributed by atoms with Crippen molar-refractivity contribution in [2.24, 2.45) is 0 Å². The Balaban J connectivity index is 2.20. The average molecular weight is 291 g/mol. The van der Waals surface area contributed by atoms with Gasteiger partial charge in [-0.2, -0.15) is 0 Å². The molecule has 0 aromatic heterocycles. The van der Waals surface area contributed by atoms with E-state index in [0.717, 1.165) is 22.9 Å². The first-order chi connectivity index (χ1) is 9.99. The molecular weight excluding hydrogens is 272 g/mol. The highest BCUT2D eigenvalue weighted by atomic mass is 19.1. The second kappa shape index (κ2) is 6.68. The van der Waals surface area contributed by atoms with E-state index >= 15 is 0 Å². The van der Waals surface area contributed by atoms with Crippen LogP contribution in [0.25, 0.3) is 0 Å². The molecule has 0 spiro atoms. The van der Waals surface area contributed by atoms with Gasteiger partial charge in [-0.25, -0.2) is 8.78 Å². The smallest absolute Gasteiger partial charge is 0.126 e. The van der Waals surface area contributed by atoms with Crippen molar-refractivity contribution in [1.29, 1.82) is 0 Å². The Bertz CT molecular complexity index is 608. The molecule has 21 heavy (non-hydrogen) atoms. The Labute approximate surface area is 123 Å². The van der Waals surface area contributed by atoms with E-state index in [1.165, 1.54) is 12.1 Å². The van der Waals surface area contributed by atoms with Crippen LogP contribution in [-0.4, -0.2) is 7.05 Å². The highest BCUT2D eigenvalue weighted by Gasteiger charge is 2.11. The van der Waals surface area contributed by atoms with Crippen molar-refractivity contribution in [1.82, 2.24) is 5.32 Å². The van der Waals surface area contributed by atoms with Gasteiger partial charge in [-0.15, -0.1) is 0 Å². The minimum Gasteiger partial charge on any atom is -0.489 e. The summed E-state index contributed by atoms with van der Waals surface area (Å²) in [4.78, 5) is 0. The number of hydrogen-bond acceptors (Lipinski definition) is 2. The minimum absolute atomic E-state index is 0.127. The summed E-state index contributed by atoms with van der Waals surface area (Å²) in [5.41, 5.74) is 2.56. The number of halogens is 2. The number of benzene rings is 2. The van der Waals surface area contributed by atoms with Crippen molar-refractivity contribution in [3.8, 4) is 5.75 Å². The summed E-state index contributed by atoms with van der Waals surface area (Å²) in [5.74, 6) is -0.468. The summed E-state index contributed by atoms with van der Waals surface area (Å²) in [5, 5.41) is 3.16. The molecule has 2 aromatic carbocycles. The van der Waals surface area contributed by atoms with E-state index in [1.54, 1.807) is 0 Å². The highest BCUT2D eigenvalue weighted by molar-refractivity contribution is 5.39. The molecule has 2 rings (SSSR count). The van der Waals surface area contributed by atoms with E-state index in [4.69, 9.17) is 4.74 Å². The zero-order valence-corrected chi connectivity index (χ0v) is 12.4. The van der Waals surface area contributed by atoms with Gasteiger partial charge in [-0.05, 0) is 50.2 Å². The molecule has 1 N–H and O–H groups in total. The summed E-state index contributed by atoms with van der Waals surface area (Å²) < 4.78 is 32.1. The molecule has 1 atom stereocenters. The lowest BCUT2D eigenvalue weighted by Gasteiger charge is -2.17. The summed E-state index contributed by atoms with van der Waals surface area (Å²) in [7, 11) is 1.87. The van der Waals surface area contributed by atoms with E-state index in [1.807, 2.05) is 39.1 Å². The van der Waals surface area contributed by atoms with E-state index in [9.17, 15) is 8.78 Å². The highest BCUT2D eigenvalue weighted by Crippen LogP contribution is 2.27. The van der Waals surface area contributed by atoms with Crippen LogP contribution in [0.15, 0.2) is 36.4 Å². The van der Waals surface area contributed by atoms with E-state index < -0.39 is 11.6 Å². The summed E-state index contributed by atoms with van der Waals surface area (Å²) in [6.45, 7) is 4.13. The Kier molecular flexibility index (Phi) is 4.91. The molecule has 0 fully saturated rings. The van der Waals surface area contributed by atoms with Crippen LogP contribution in [0.3, 0.4) is 0 Å². The van der Waals surface area contributed by atoms with Gasteiger partial charge < -0.3 is 10.1 Å². The maximum atomic E-state index is 13.2. The second-order valence-electron chi connectivity index (χ2n) is 5.12. The molecule has 0 aliphatic carbocycles. The number of rotatable bonds is 5. The maximum Gasteiger partial charge on any atom is 0.126 e. The monoisotopic (exact) mass is 291 g/mol. The van der Waals surface area contributed by atoms with Crippen LogP contribution >= 0.6 is 0 Å². The first-order valence-electron chi connectivity index (χ1n) is 6.85. The van der Waals surface area contributed by atoms with Gasteiger partial charge in [0.25, 0.3) is 0 Å². The fraction of sp³-hybridized carbons (Fsp3) is 0.294. The first kappa shape index (κ1) is 15.4. The molecule has 2 aromatic rings. The van der Waals surface area contributed by atoms with Crippen LogP contribution in [0.4, 0.5) is 8.78 Å². The third kappa shape index (κ3) is 4.02. The molecule has 2 nitrogen and oxygen atoms in total. The molecule has 4 heteroatoms. The van der Waals surface area contributed by atoms with Crippen LogP contribution in [0.5, 0.6) is 5.75 Å². The Morgan fingerprint density at radius 3 is 2.38 bits per heavy atom. The maximum absolute atomic E-state index is 13.2. The average Bonchev–Trinajstić information content (AvgIpc) is 2.43. The zero-order valence-electron chi connectivity index (χ0n) is 12.4. The fourth-order valence-corrected chi connectivity index (χ4v) is 2.14. The third-order valence-corrected chi connectivity index (χ3v) is 3.39. The quantitative estimate of drug-likeness (QED) is 0.894. The molecule has 0 bridgehead atoms. The lowest BCUT2D eigenvalue weighted by atomic mass is 10.1. The first-order valence-corrected chi connectivity index (χ1v) is 6.85. The Hall–Kier alpha value is -1.94. The molecule has 112 valence electrons. The molecule has 0 saturated carbocycles. The fourth-order valence-electron chi connectivity index (χ4n) is 2.14. The lowest BCUT2D eigenvalue weighted by molar-refractivity contribution is 0.298. The molecule has 0 aliphatic rings. The van der Waals surface area contributed by atoms with Crippen molar-refractivity contribution >= 4 is 0 Å². The standard InChI is InChI=1S/C17H19F2NO/c1-11-4-5-16(12(2)20-3)17(6-11)21-10-13-7-14(18)9-15(19)8-13/h4-9,12,20H,10H2,1-3H3. The van der Waals surface area contributed by atoms with Crippen molar-refractivity contribution in [3.05, 3.63) is 64.7 Å². The molecule has 1 unspecified atom stereocenters. The van der Waals surface area contributed by atoms with E-state index in [-0.39, 0.29) is 12.6 Å². The largest absolute Gasteiger partial charge is 0.489 e. The Morgan fingerprint density at radius 1 is 1.10 bits per heavy atom. The molecule has 0 heterocycles. The van der Waals surface area contributed by atoms with Crippen molar-refractivity contribution in [2.45, 2.75) is 26.5 Å². The second-order valence-corrected chi connectivity index (χ2v) is 5.12. The molecule has 0 aliphatic heterocycles. The summed E-state index contributed by atoms with van der Waals surface area (Å²) in [6, 6.07) is 9.48. The van der Waals surface area contributed by atoms with Gasteiger partial charge in [-0.3, -0.25) is 0 Å². The normalized spacial score (nSPS) is 12.2. The van der Waals surface area contributed by atoms with Gasteiger partial charge in [0.2, 0.25) is 0 Å².